The van der Waals surface area contributed by atoms with Crippen LogP contribution >= 0.6 is 11.3 Å². The largest absolute Gasteiger partial charge is 0.396 e. The number of amides is 1. The Morgan fingerprint density at radius 2 is 2.21 bits per heavy atom. The average Bonchev–Trinajstić information content (AvgIpc) is 2.91. The van der Waals surface area contributed by atoms with Gasteiger partial charge in [-0.05, 0) is 36.6 Å². The van der Waals surface area contributed by atoms with E-state index in [2.05, 4.69) is 0 Å². The molecule has 0 saturated carbocycles. The van der Waals surface area contributed by atoms with E-state index in [1.165, 1.54) is 12.1 Å². The number of carbonyl (C=O) groups excluding carboxylic acids is 1. The highest BCUT2D eigenvalue weighted by atomic mass is 32.1. The Labute approximate surface area is 115 Å². The minimum absolute atomic E-state index is 0.0536. The van der Waals surface area contributed by atoms with Crippen molar-refractivity contribution in [3.63, 3.8) is 0 Å². The summed E-state index contributed by atoms with van der Waals surface area (Å²) in [5, 5.41) is 1.97. The van der Waals surface area contributed by atoms with Gasteiger partial charge in [0.1, 0.15) is 5.82 Å². The molecule has 2 aromatic rings. The Morgan fingerprint density at radius 1 is 1.42 bits per heavy atom. The van der Waals surface area contributed by atoms with Crippen LogP contribution in [0.3, 0.4) is 0 Å². The number of nitrogens with zero attached hydrogens (tertiary/aromatic N) is 1. The molecule has 1 aromatic carbocycles. The molecule has 19 heavy (non-hydrogen) atoms. The maximum atomic E-state index is 13.4. The molecule has 0 unspecified atom stereocenters. The normalized spacial score (nSPS) is 10.4. The van der Waals surface area contributed by atoms with Crippen LogP contribution in [0.5, 0.6) is 0 Å². The van der Waals surface area contributed by atoms with Crippen molar-refractivity contribution < 1.29 is 9.18 Å². The van der Waals surface area contributed by atoms with E-state index in [1.807, 2.05) is 24.4 Å². The van der Waals surface area contributed by atoms with Crippen LogP contribution in [-0.4, -0.2) is 17.4 Å². The van der Waals surface area contributed by atoms with Crippen molar-refractivity contribution in [2.24, 2.45) is 0 Å². The van der Waals surface area contributed by atoms with E-state index in [4.69, 9.17) is 5.73 Å². The molecule has 1 aromatic heterocycles. The minimum Gasteiger partial charge on any atom is -0.396 e. The van der Waals surface area contributed by atoms with Crippen molar-refractivity contribution in [2.45, 2.75) is 13.5 Å². The van der Waals surface area contributed by atoms with Gasteiger partial charge in [0.25, 0.3) is 5.91 Å². The molecule has 100 valence electrons. The van der Waals surface area contributed by atoms with Gasteiger partial charge in [0.15, 0.2) is 0 Å². The average molecular weight is 278 g/mol. The third-order valence-electron chi connectivity index (χ3n) is 2.84. The third-order valence-corrected chi connectivity index (χ3v) is 3.70. The quantitative estimate of drug-likeness (QED) is 0.873. The zero-order valence-corrected chi connectivity index (χ0v) is 11.4. The molecule has 0 spiro atoms. The summed E-state index contributed by atoms with van der Waals surface area (Å²) in [5.74, 6) is -0.743. The lowest BCUT2D eigenvalue weighted by Crippen LogP contribution is -2.30. The van der Waals surface area contributed by atoms with Crippen LogP contribution in [0.15, 0.2) is 35.7 Å². The van der Waals surface area contributed by atoms with Gasteiger partial charge in [0.2, 0.25) is 0 Å². The van der Waals surface area contributed by atoms with Crippen molar-refractivity contribution >= 4 is 22.9 Å². The lowest BCUT2D eigenvalue weighted by atomic mass is 10.1. The van der Waals surface area contributed by atoms with Crippen molar-refractivity contribution in [3.05, 3.63) is 52.0 Å². The standard InChI is InChI=1S/C14H15FN2OS/c1-2-17(9-11-4-3-7-19-11)14(18)10-5-6-13(16)12(15)8-10/h3-8H,2,9,16H2,1H3. The molecule has 0 radical (unpaired) electrons. The van der Waals surface area contributed by atoms with E-state index in [9.17, 15) is 9.18 Å². The Morgan fingerprint density at radius 3 is 2.79 bits per heavy atom. The Bertz CT molecular complexity index is 569. The summed E-state index contributed by atoms with van der Waals surface area (Å²) in [6.45, 7) is 3.01. The fraction of sp³-hybridized carbons (Fsp3) is 0.214. The van der Waals surface area contributed by atoms with Gasteiger partial charge in [-0.25, -0.2) is 4.39 Å². The first-order valence-electron chi connectivity index (χ1n) is 5.98. The second kappa shape index (κ2) is 5.84. The number of thiophene rings is 1. The van der Waals surface area contributed by atoms with Crippen molar-refractivity contribution in [1.29, 1.82) is 0 Å². The number of benzene rings is 1. The third kappa shape index (κ3) is 3.12. The van der Waals surface area contributed by atoms with Crippen LogP contribution in [0.1, 0.15) is 22.2 Å². The van der Waals surface area contributed by atoms with Gasteiger partial charge in [0, 0.05) is 17.0 Å². The van der Waals surface area contributed by atoms with Crippen molar-refractivity contribution in [2.75, 3.05) is 12.3 Å². The topological polar surface area (TPSA) is 46.3 Å². The van der Waals surface area contributed by atoms with Crippen molar-refractivity contribution in [3.8, 4) is 0 Å². The molecule has 2 N–H and O–H groups in total. The van der Waals surface area contributed by atoms with Gasteiger partial charge in [-0.3, -0.25) is 4.79 Å². The molecule has 2 rings (SSSR count). The molecule has 0 aliphatic rings. The van der Waals surface area contributed by atoms with E-state index < -0.39 is 5.82 Å². The van der Waals surface area contributed by atoms with Gasteiger partial charge in [-0.2, -0.15) is 0 Å². The number of anilines is 1. The fourth-order valence-corrected chi connectivity index (χ4v) is 2.48. The maximum Gasteiger partial charge on any atom is 0.254 e. The highest BCUT2D eigenvalue weighted by Gasteiger charge is 2.16. The van der Waals surface area contributed by atoms with Crippen LogP contribution < -0.4 is 5.73 Å². The monoisotopic (exact) mass is 278 g/mol. The summed E-state index contributed by atoms with van der Waals surface area (Å²) in [5.41, 5.74) is 5.79. The van der Waals surface area contributed by atoms with E-state index in [-0.39, 0.29) is 11.6 Å². The first-order chi connectivity index (χ1) is 9.11. The number of hydrogen-bond donors (Lipinski definition) is 1. The molecule has 1 heterocycles. The van der Waals surface area contributed by atoms with Gasteiger partial charge in [-0.15, -0.1) is 11.3 Å². The minimum atomic E-state index is -0.557. The van der Waals surface area contributed by atoms with Crippen molar-refractivity contribution in [1.82, 2.24) is 4.90 Å². The fourth-order valence-electron chi connectivity index (χ4n) is 1.76. The summed E-state index contributed by atoms with van der Waals surface area (Å²) >= 11 is 1.60. The van der Waals surface area contributed by atoms with E-state index in [0.717, 1.165) is 4.88 Å². The van der Waals surface area contributed by atoms with Gasteiger partial charge < -0.3 is 10.6 Å². The Balaban J connectivity index is 2.18. The summed E-state index contributed by atoms with van der Waals surface area (Å²) < 4.78 is 13.4. The Kier molecular flexibility index (Phi) is 4.16. The molecular weight excluding hydrogens is 263 g/mol. The van der Waals surface area contributed by atoms with E-state index in [0.29, 0.717) is 18.7 Å². The predicted octanol–water partition coefficient (Wildman–Crippen LogP) is 3.13. The predicted molar refractivity (Wildman–Crippen MR) is 75.5 cm³/mol. The number of hydrogen-bond acceptors (Lipinski definition) is 3. The molecule has 0 aliphatic heterocycles. The molecule has 0 aliphatic carbocycles. The highest BCUT2D eigenvalue weighted by Crippen LogP contribution is 2.17. The first-order valence-corrected chi connectivity index (χ1v) is 6.86. The number of nitrogens with two attached hydrogens (primary N) is 1. The maximum absolute atomic E-state index is 13.4. The number of rotatable bonds is 4. The molecule has 0 atom stereocenters. The first kappa shape index (κ1) is 13.5. The zero-order valence-electron chi connectivity index (χ0n) is 10.6. The number of nitrogen functional groups attached to an aromatic ring is 1. The van der Waals surface area contributed by atoms with E-state index >= 15 is 0 Å². The lowest BCUT2D eigenvalue weighted by Gasteiger charge is -2.20. The summed E-state index contributed by atoms with van der Waals surface area (Å²) in [6.07, 6.45) is 0. The zero-order chi connectivity index (χ0) is 13.8. The number of halogens is 1. The summed E-state index contributed by atoms with van der Waals surface area (Å²) in [6, 6.07) is 8.08. The van der Waals surface area contributed by atoms with E-state index in [1.54, 1.807) is 22.3 Å². The number of carbonyl (C=O) groups is 1. The molecule has 0 saturated heterocycles. The molecule has 0 bridgehead atoms. The van der Waals surface area contributed by atoms with Crippen LogP contribution in [-0.2, 0) is 6.54 Å². The Hall–Kier alpha value is -1.88. The SMILES string of the molecule is CCN(Cc1cccs1)C(=O)c1ccc(N)c(F)c1. The second-order valence-electron chi connectivity index (χ2n) is 4.13. The van der Waals surface area contributed by atoms with Gasteiger partial charge >= 0.3 is 0 Å². The molecular formula is C14H15FN2OS. The molecule has 1 amide bonds. The molecule has 0 fully saturated rings. The highest BCUT2D eigenvalue weighted by molar-refractivity contribution is 7.09. The summed E-state index contributed by atoms with van der Waals surface area (Å²) in [4.78, 5) is 15.1. The molecule has 3 nitrogen and oxygen atoms in total. The van der Waals surface area contributed by atoms with Crippen LogP contribution in [0.2, 0.25) is 0 Å². The second-order valence-corrected chi connectivity index (χ2v) is 5.17. The van der Waals surface area contributed by atoms with Gasteiger partial charge in [-0.1, -0.05) is 6.07 Å². The molecule has 5 heteroatoms. The van der Waals surface area contributed by atoms with Crippen LogP contribution in [0.4, 0.5) is 10.1 Å². The lowest BCUT2D eigenvalue weighted by molar-refractivity contribution is 0.0754. The van der Waals surface area contributed by atoms with Crippen LogP contribution in [0, 0.1) is 5.82 Å². The van der Waals surface area contributed by atoms with Crippen LogP contribution in [0.25, 0.3) is 0 Å². The van der Waals surface area contributed by atoms with Gasteiger partial charge in [0.05, 0.1) is 12.2 Å². The smallest absolute Gasteiger partial charge is 0.254 e. The summed E-state index contributed by atoms with van der Waals surface area (Å²) in [7, 11) is 0.